The number of nitrogens with zero attached hydrogens (tertiary/aromatic N) is 1. The van der Waals surface area contributed by atoms with Gasteiger partial charge in [-0.05, 0) is 48.2 Å². The predicted octanol–water partition coefficient (Wildman–Crippen LogP) is 5.34. The first-order valence-electron chi connectivity index (χ1n) is 14.7. The van der Waals surface area contributed by atoms with Crippen molar-refractivity contribution in [2.75, 3.05) is 0 Å². The highest BCUT2D eigenvalue weighted by Gasteiger charge is 2.29. The fraction of sp³-hybridized carbons (Fsp3) is 0.286. The van der Waals surface area contributed by atoms with Crippen LogP contribution in [0.5, 0.6) is 0 Å². The molecule has 1 heterocycles. The second-order valence-electron chi connectivity index (χ2n) is 11.1. The maximum absolute atomic E-state index is 13.1. The molecule has 3 aromatic carbocycles. The van der Waals surface area contributed by atoms with Crippen molar-refractivity contribution in [3.8, 4) is 11.5 Å². The standard InChI is InChI=1S/C35H37N3O7/c1-22(2)29(37-31(39)24-14-8-5-9-15-24)34(41)43-20-27-28(45-33(36-27)26-18-12-7-13-19-26)21-44-35(42)30(23(3)4)38-32(40)25-16-10-6-11-17-25/h5-19,22-23,29-30H,20-21H2,1-4H3,(H,37,39)(H,38,40). The average molecular weight is 612 g/mol. The van der Waals surface area contributed by atoms with Crippen LogP contribution in [-0.4, -0.2) is 40.8 Å². The van der Waals surface area contributed by atoms with E-state index in [4.69, 9.17) is 13.9 Å². The second-order valence-corrected chi connectivity index (χ2v) is 11.1. The lowest BCUT2D eigenvalue weighted by atomic mass is 10.0. The number of oxazole rings is 1. The third-order valence-corrected chi connectivity index (χ3v) is 6.98. The molecule has 10 heteroatoms. The SMILES string of the molecule is CC(C)C(NC(=O)c1ccccc1)C(=O)OCc1nc(-c2ccccc2)oc1COC(=O)C(NC(=O)c1ccccc1)C(C)C. The van der Waals surface area contributed by atoms with Crippen LogP contribution in [0.1, 0.15) is 59.9 Å². The molecule has 0 fully saturated rings. The van der Waals surface area contributed by atoms with Crippen LogP contribution in [0.4, 0.5) is 0 Å². The average Bonchev–Trinajstić information content (AvgIpc) is 3.47. The molecule has 4 aromatic rings. The zero-order valence-corrected chi connectivity index (χ0v) is 25.7. The molecule has 2 amide bonds. The van der Waals surface area contributed by atoms with Gasteiger partial charge in [-0.2, -0.15) is 0 Å². The van der Waals surface area contributed by atoms with Gasteiger partial charge in [0.1, 0.15) is 24.4 Å². The van der Waals surface area contributed by atoms with Crippen LogP contribution in [0, 0.1) is 11.8 Å². The number of hydrogen-bond donors (Lipinski definition) is 2. The number of benzene rings is 3. The molecule has 0 aliphatic carbocycles. The second kappa shape index (κ2) is 15.5. The molecule has 0 bridgehead atoms. The summed E-state index contributed by atoms with van der Waals surface area (Å²) in [6.07, 6.45) is 0. The monoisotopic (exact) mass is 611 g/mol. The van der Waals surface area contributed by atoms with Crippen molar-refractivity contribution in [3.05, 3.63) is 114 Å². The van der Waals surface area contributed by atoms with Gasteiger partial charge in [-0.1, -0.05) is 82.3 Å². The first-order valence-corrected chi connectivity index (χ1v) is 14.7. The van der Waals surface area contributed by atoms with Crippen molar-refractivity contribution in [1.82, 2.24) is 15.6 Å². The summed E-state index contributed by atoms with van der Waals surface area (Å²) < 4.78 is 17.2. The van der Waals surface area contributed by atoms with Crippen LogP contribution in [0.3, 0.4) is 0 Å². The van der Waals surface area contributed by atoms with E-state index in [1.54, 1.807) is 100 Å². The van der Waals surface area contributed by atoms with Gasteiger partial charge in [0.25, 0.3) is 11.8 Å². The Labute approximate surface area is 262 Å². The Kier molecular flexibility index (Phi) is 11.2. The summed E-state index contributed by atoms with van der Waals surface area (Å²) in [5.74, 6) is -2.19. The number of nitrogens with one attached hydrogen (secondary N) is 2. The van der Waals surface area contributed by atoms with E-state index in [1.807, 2.05) is 18.2 Å². The normalized spacial score (nSPS) is 12.3. The van der Waals surface area contributed by atoms with Gasteiger partial charge >= 0.3 is 11.9 Å². The largest absolute Gasteiger partial charge is 0.457 e. The predicted molar refractivity (Wildman–Crippen MR) is 167 cm³/mol. The maximum atomic E-state index is 13.1. The Morgan fingerprint density at radius 1 is 0.644 bits per heavy atom. The fourth-order valence-corrected chi connectivity index (χ4v) is 4.39. The van der Waals surface area contributed by atoms with Crippen molar-refractivity contribution in [2.45, 2.75) is 53.0 Å². The maximum Gasteiger partial charge on any atom is 0.329 e. The van der Waals surface area contributed by atoms with E-state index in [9.17, 15) is 19.2 Å². The Balaban J connectivity index is 1.47. The molecule has 1 aromatic heterocycles. The lowest BCUT2D eigenvalue weighted by Gasteiger charge is -2.21. The first kappa shape index (κ1) is 32.7. The molecule has 0 aliphatic rings. The first-order chi connectivity index (χ1) is 21.6. The third-order valence-electron chi connectivity index (χ3n) is 6.98. The molecule has 10 nitrogen and oxygen atoms in total. The van der Waals surface area contributed by atoms with Crippen molar-refractivity contribution in [1.29, 1.82) is 0 Å². The van der Waals surface area contributed by atoms with E-state index in [1.165, 1.54) is 0 Å². The fourth-order valence-electron chi connectivity index (χ4n) is 4.39. The molecule has 45 heavy (non-hydrogen) atoms. The summed E-state index contributed by atoms with van der Waals surface area (Å²) >= 11 is 0. The van der Waals surface area contributed by atoms with Gasteiger partial charge in [-0.15, -0.1) is 0 Å². The summed E-state index contributed by atoms with van der Waals surface area (Å²) in [6, 6.07) is 24.4. The smallest absolute Gasteiger partial charge is 0.329 e. The highest BCUT2D eigenvalue weighted by molar-refractivity contribution is 5.97. The topological polar surface area (TPSA) is 137 Å². The lowest BCUT2D eigenvalue weighted by molar-refractivity contribution is -0.150. The minimum Gasteiger partial charge on any atom is -0.457 e. The molecule has 0 saturated carbocycles. The molecule has 234 valence electrons. The van der Waals surface area contributed by atoms with Crippen LogP contribution < -0.4 is 10.6 Å². The van der Waals surface area contributed by atoms with Crippen LogP contribution in [0.2, 0.25) is 0 Å². The van der Waals surface area contributed by atoms with E-state index in [0.717, 1.165) is 0 Å². The number of amides is 2. The highest BCUT2D eigenvalue weighted by atomic mass is 16.5. The van der Waals surface area contributed by atoms with E-state index < -0.39 is 35.8 Å². The van der Waals surface area contributed by atoms with E-state index in [0.29, 0.717) is 16.7 Å². The lowest BCUT2D eigenvalue weighted by Crippen LogP contribution is -2.45. The Hall–Kier alpha value is -5.25. The number of hydrogen-bond acceptors (Lipinski definition) is 8. The summed E-state index contributed by atoms with van der Waals surface area (Å²) in [5, 5.41) is 5.49. The van der Waals surface area contributed by atoms with Gasteiger partial charge in [0.15, 0.2) is 12.4 Å². The van der Waals surface area contributed by atoms with Crippen molar-refractivity contribution >= 4 is 23.8 Å². The Morgan fingerprint density at radius 3 is 1.51 bits per heavy atom. The molecule has 0 aliphatic heterocycles. The number of carbonyl (C=O) groups is 4. The van der Waals surface area contributed by atoms with E-state index in [2.05, 4.69) is 15.6 Å². The van der Waals surface area contributed by atoms with Crippen LogP contribution in [0.25, 0.3) is 11.5 Å². The molecule has 0 radical (unpaired) electrons. The molecule has 2 N–H and O–H groups in total. The van der Waals surface area contributed by atoms with Gasteiger partial charge < -0.3 is 24.5 Å². The number of ether oxygens (including phenoxy) is 2. The zero-order valence-electron chi connectivity index (χ0n) is 25.7. The van der Waals surface area contributed by atoms with Crippen LogP contribution in [0.15, 0.2) is 95.4 Å². The molecule has 0 saturated heterocycles. The van der Waals surface area contributed by atoms with Gasteiger partial charge in [0.2, 0.25) is 5.89 Å². The van der Waals surface area contributed by atoms with Gasteiger partial charge in [-0.25, -0.2) is 14.6 Å². The highest BCUT2D eigenvalue weighted by Crippen LogP contribution is 2.24. The van der Waals surface area contributed by atoms with Gasteiger partial charge in [-0.3, -0.25) is 9.59 Å². The van der Waals surface area contributed by atoms with E-state index in [-0.39, 0.29) is 42.4 Å². The number of rotatable bonds is 13. The van der Waals surface area contributed by atoms with Gasteiger partial charge in [0, 0.05) is 16.7 Å². The van der Waals surface area contributed by atoms with Crippen molar-refractivity contribution < 1.29 is 33.1 Å². The molecule has 2 unspecified atom stereocenters. The Bertz CT molecular complexity index is 1490. The molecule has 4 rings (SSSR count). The minimum atomic E-state index is -0.921. The van der Waals surface area contributed by atoms with Crippen molar-refractivity contribution in [2.24, 2.45) is 11.8 Å². The number of esters is 2. The van der Waals surface area contributed by atoms with Crippen LogP contribution >= 0.6 is 0 Å². The Morgan fingerprint density at radius 2 is 1.07 bits per heavy atom. The molecular formula is C35H37N3O7. The number of aromatic nitrogens is 1. The third kappa shape index (κ3) is 8.88. The quantitative estimate of drug-likeness (QED) is 0.194. The van der Waals surface area contributed by atoms with Crippen LogP contribution in [-0.2, 0) is 32.3 Å². The molecule has 2 atom stereocenters. The molecule has 0 spiro atoms. The number of carbonyl (C=O) groups excluding carboxylic acids is 4. The summed E-state index contributed by atoms with van der Waals surface area (Å²) in [6.45, 7) is 6.59. The van der Waals surface area contributed by atoms with E-state index >= 15 is 0 Å². The minimum absolute atomic E-state index is 0.182. The summed E-state index contributed by atoms with van der Waals surface area (Å²) in [4.78, 5) is 56.3. The zero-order chi connectivity index (χ0) is 32.3. The summed E-state index contributed by atoms with van der Waals surface area (Å²) in [5.41, 5.74) is 1.76. The van der Waals surface area contributed by atoms with Crippen molar-refractivity contribution in [3.63, 3.8) is 0 Å². The summed E-state index contributed by atoms with van der Waals surface area (Å²) in [7, 11) is 0. The van der Waals surface area contributed by atoms with Gasteiger partial charge in [0.05, 0.1) is 0 Å². The molecular weight excluding hydrogens is 574 g/mol.